The predicted octanol–water partition coefficient (Wildman–Crippen LogP) is 2.86. The fourth-order valence-electron chi connectivity index (χ4n) is 6.23. The maximum Gasteiger partial charge on any atom is 0.233 e. The van der Waals surface area contributed by atoms with E-state index in [1.807, 2.05) is 6.08 Å². The first-order chi connectivity index (χ1) is 16.7. The summed E-state index contributed by atoms with van der Waals surface area (Å²) < 4.78 is 10.9. The van der Waals surface area contributed by atoms with Gasteiger partial charge >= 0.3 is 0 Å². The molecule has 0 radical (unpaired) electrons. The van der Waals surface area contributed by atoms with Gasteiger partial charge in [-0.05, 0) is 38.7 Å². The summed E-state index contributed by atoms with van der Waals surface area (Å²) in [5.74, 6) is -2.78. The van der Waals surface area contributed by atoms with Crippen LogP contribution in [0.25, 0.3) is 0 Å². The summed E-state index contributed by atoms with van der Waals surface area (Å²) in [4.78, 5) is 54.1. The van der Waals surface area contributed by atoms with E-state index in [0.29, 0.717) is 40.2 Å². The highest BCUT2D eigenvalue weighted by molar-refractivity contribution is 6.24. The fraction of sp³-hybridized carbons (Fsp3) is 0.407. The third kappa shape index (κ3) is 3.19. The third-order valence-corrected chi connectivity index (χ3v) is 7.81. The molecule has 8 nitrogen and oxygen atoms in total. The van der Waals surface area contributed by atoms with Gasteiger partial charge in [0.05, 0.1) is 26.1 Å². The number of nitrogens with zero attached hydrogens (tertiary/aromatic N) is 1. The number of fused-ring (bicyclic) bond motifs is 3. The second kappa shape index (κ2) is 8.22. The van der Waals surface area contributed by atoms with Crippen molar-refractivity contribution in [1.29, 1.82) is 0 Å². The van der Waals surface area contributed by atoms with Gasteiger partial charge in [-0.1, -0.05) is 11.6 Å². The Morgan fingerprint density at radius 3 is 2.46 bits per heavy atom. The molecule has 4 aliphatic rings. The predicted molar refractivity (Wildman–Crippen MR) is 125 cm³/mol. The number of phenols is 1. The Kier molecular flexibility index (Phi) is 5.42. The van der Waals surface area contributed by atoms with E-state index in [9.17, 15) is 24.3 Å². The lowest BCUT2D eigenvalue weighted by Crippen LogP contribution is -2.40. The molecule has 1 heterocycles. The van der Waals surface area contributed by atoms with Gasteiger partial charge in [0, 0.05) is 46.9 Å². The Balaban J connectivity index is 1.75. The van der Waals surface area contributed by atoms with Crippen LogP contribution in [0.15, 0.2) is 46.6 Å². The highest BCUT2D eigenvalue weighted by Crippen LogP contribution is 2.57. The van der Waals surface area contributed by atoms with Crippen molar-refractivity contribution in [2.45, 2.75) is 32.6 Å². The number of benzene rings is 1. The van der Waals surface area contributed by atoms with Crippen LogP contribution in [0.1, 0.15) is 38.2 Å². The second-order valence-corrected chi connectivity index (χ2v) is 9.41. The standard InChI is InChI=1S/C27H27NO7/c1-5-28-26(32)15-7-6-14-16(21(15)27(28)33)11-17-18(29)8-12(2)25(31)23(17)22(14)24-19(30)9-13(34-3)10-20(24)35-4/h6,8-10,15-16,21-22,30H,5,7,11H2,1-4H3/t15-,16+,21-,22-/m0/s1. The van der Waals surface area contributed by atoms with E-state index in [-0.39, 0.29) is 42.1 Å². The van der Waals surface area contributed by atoms with Crippen molar-refractivity contribution in [3.8, 4) is 17.2 Å². The first-order valence-corrected chi connectivity index (χ1v) is 11.7. The molecule has 5 rings (SSSR count). The molecule has 1 saturated heterocycles. The van der Waals surface area contributed by atoms with E-state index in [1.165, 1.54) is 31.3 Å². The van der Waals surface area contributed by atoms with Gasteiger partial charge in [-0.2, -0.15) is 0 Å². The Labute approximate surface area is 202 Å². The van der Waals surface area contributed by atoms with E-state index in [2.05, 4.69) is 0 Å². The summed E-state index contributed by atoms with van der Waals surface area (Å²) in [7, 11) is 2.92. The number of hydrogen-bond donors (Lipinski definition) is 1. The molecule has 0 aromatic heterocycles. The minimum atomic E-state index is -0.788. The first-order valence-electron chi connectivity index (χ1n) is 11.7. The molecule has 35 heavy (non-hydrogen) atoms. The van der Waals surface area contributed by atoms with E-state index in [4.69, 9.17) is 9.47 Å². The lowest BCUT2D eigenvalue weighted by atomic mass is 9.59. The quantitative estimate of drug-likeness (QED) is 0.403. The number of Topliss-reactive ketones (excluding diaryl/α,β-unsaturated/α-hetero) is 1. The van der Waals surface area contributed by atoms with Gasteiger partial charge in [-0.15, -0.1) is 0 Å². The summed E-state index contributed by atoms with van der Waals surface area (Å²) >= 11 is 0. The normalized spacial score (nSPS) is 27.8. The Bertz CT molecular complexity index is 1280. The topological polar surface area (TPSA) is 110 Å². The van der Waals surface area contributed by atoms with Crippen molar-refractivity contribution in [3.05, 3.63) is 52.1 Å². The summed E-state index contributed by atoms with van der Waals surface area (Å²) in [6.07, 6.45) is 3.80. The zero-order chi connectivity index (χ0) is 25.2. The smallest absolute Gasteiger partial charge is 0.233 e. The molecule has 1 aliphatic heterocycles. The van der Waals surface area contributed by atoms with E-state index in [0.717, 1.165) is 5.57 Å². The average Bonchev–Trinajstić information content (AvgIpc) is 3.10. The minimum Gasteiger partial charge on any atom is -0.507 e. The van der Waals surface area contributed by atoms with Gasteiger partial charge in [0.2, 0.25) is 11.8 Å². The largest absolute Gasteiger partial charge is 0.507 e. The Morgan fingerprint density at radius 1 is 1.06 bits per heavy atom. The van der Waals surface area contributed by atoms with Crippen LogP contribution in [0.2, 0.25) is 0 Å². The van der Waals surface area contributed by atoms with Crippen LogP contribution < -0.4 is 9.47 Å². The number of hydrogen-bond acceptors (Lipinski definition) is 7. The molecule has 1 N–H and O–H groups in total. The van der Waals surface area contributed by atoms with Gasteiger partial charge in [0.15, 0.2) is 11.6 Å². The number of phenolic OH excluding ortho intramolecular Hbond substituents is 1. The van der Waals surface area contributed by atoms with Gasteiger partial charge in [-0.25, -0.2) is 0 Å². The van der Waals surface area contributed by atoms with Crippen LogP contribution in [-0.4, -0.2) is 54.2 Å². The third-order valence-electron chi connectivity index (χ3n) is 7.81. The van der Waals surface area contributed by atoms with Gasteiger partial charge in [0.25, 0.3) is 0 Å². The lowest BCUT2D eigenvalue weighted by Gasteiger charge is -2.42. The van der Waals surface area contributed by atoms with Crippen LogP contribution in [0.4, 0.5) is 0 Å². The summed E-state index contributed by atoms with van der Waals surface area (Å²) in [5.41, 5.74) is 2.07. The number of amides is 2. The van der Waals surface area contributed by atoms with E-state index in [1.54, 1.807) is 19.9 Å². The summed E-state index contributed by atoms with van der Waals surface area (Å²) in [5, 5.41) is 11.1. The van der Waals surface area contributed by atoms with Crippen molar-refractivity contribution >= 4 is 23.4 Å². The number of aromatic hydroxyl groups is 1. The fourth-order valence-corrected chi connectivity index (χ4v) is 6.23. The molecule has 1 aromatic carbocycles. The van der Waals surface area contributed by atoms with Crippen molar-refractivity contribution in [3.63, 3.8) is 0 Å². The number of methoxy groups -OCH3 is 2. The molecule has 8 heteroatoms. The molecule has 1 aromatic rings. The number of carbonyl (C=O) groups excluding carboxylic acids is 4. The molecule has 0 bridgehead atoms. The molecular formula is C27H27NO7. The van der Waals surface area contributed by atoms with Crippen molar-refractivity contribution < 1.29 is 33.8 Å². The van der Waals surface area contributed by atoms with Crippen LogP contribution >= 0.6 is 0 Å². The van der Waals surface area contributed by atoms with Crippen molar-refractivity contribution in [2.24, 2.45) is 17.8 Å². The van der Waals surface area contributed by atoms with Crippen molar-refractivity contribution in [1.82, 2.24) is 4.90 Å². The lowest BCUT2D eigenvalue weighted by molar-refractivity contribution is -0.139. The van der Waals surface area contributed by atoms with Crippen LogP contribution in [0.3, 0.4) is 0 Å². The maximum atomic E-state index is 13.5. The zero-order valence-corrected chi connectivity index (χ0v) is 20.1. The molecule has 4 atom stereocenters. The first kappa shape index (κ1) is 23.1. The van der Waals surface area contributed by atoms with Gasteiger partial charge in [0.1, 0.15) is 17.2 Å². The number of ketones is 2. The second-order valence-electron chi connectivity index (χ2n) is 9.41. The minimum absolute atomic E-state index is 0.141. The molecule has 3 aliphatic carbocycles. The SMILES string of the molecule is CCN1C(=O)[C@H]2[C@H](CC=C3[C@H](c4c(O)cc(OC)cc4OC)C4=C(C[C@H]32)C(=O)C=C(C)C4=O)C1=O. The van der Waals surface area contributed by atoms with Gasteiger partial charge in [-0.3, -0.25) is 24.1 Å². The summed E-state index contributed by atoms with van der Waals surface area (Å²) in [6.45, 7) is 3.65. The monoisotopic (exact) mass is 477 g/mol. The Hall–Kier alpha value is -3.68. The number of allylic oxidation sites excluding steroid dienone is 6. The van der Waals surface area contributed by atoms with Gasteiger partial charge < -0.3 is 14.6 Å². The Morgan fingerprint density at radius 2 is 1.80 bits per heavy atom. The molecule has 182 valence electrons. The molecule has 2 amide bonds. The number of rotatable bonds is 4. The van der Waals surface area contributed by atoms with E-state index >= 15 is 0 Å². The highest BCUT2D eigenvalue weighted by Gasteiger charge is 2.56. The summed E-state index contributed by atoms with van der Waals surface area (Å²) in [6, 6.07) is 3.06. The number of ether oxygens (including phenoxy) is 2. The molecule has 0 unspecified atom stereocenters. The number of carbonyl (C=O) groups is 4. The van der Waals surface area contributed by atoms with Crippen LogP contribution in [0, 0.1) is 17.8 Å². The van der Waals surface area contributed by atoms with Crippen LogP contribution in [0.5, 0.6) is 17.2 Å². The molecule has 1 fully saturated rings. The number of likely N-dealkylation sites (tertiary alicyclic amines) is 1. The molecule has 0 spiro atoms. The van der Waals surface area contributed by atoms with Crippen molar-refractivity contribution in [2.75, 3.05) is 20.8 Å². The molecular weight excluding hydrogens is 450 g/mol. The highest BCUT2D eigenvalue weighted by atomic mass is 16.5. The molecule has 0 saturated carbocycles. The average molecular weight is 478 g/mol. The maximum absolute atomic E-state index is 13.5. The van der Waals surface area contributed by atoms with E-state index < -0.39 is 23.7 Å². The zero-order valence-electron chi connectivity index (χ0n) is 20.1. The number of imide groups is 1. The van der Waals surface area contributed by atoms with Crippen LogP contribution in [-0.2, 0) is 19.2 Å².